The van der Waals surface area contributed by atoms with E-state index in [9.17, 15) is 4.79 Å². The number of carbonyl (C=O) groups excluding carboxylic acids is 1. The molecular weight excluding hydrogens is 172 g/mol. The van der Waals surface area contributed by atoms with Gasteiger partial charge in [0, 0.05) is 0 Å². The summed E-state index contributed by atoms with van der Waals surface area (Å²) in [5, 5.41) is 0. The van der Waals surface area contributed by atoms with Gasteiger partial charge in [0.15, 0.2) is 5.78 Å². The van der Waals surface area contributed by atoms with Crippen LogP contribution in [0.3, 0.4) is 0 Å². The zero-order valence-electron chi connectivity index (χ0n) is 8.36. The molecule has 0 heterocycles. The quantitative estimate of drug-likeness (QED) is 0.522. The van der Waals surface area contributed by atoms with Gasteiger partial charge in [-0.2, -0.15) is 0 Å². The summed E-state index contributed by atoms with van der Waals surface area (Å²) in [7, 11) is 0. The Bertz CT molecular complexity index is 361. The molecule has 0 unspecified atom stereocenters. The molecule has 0 N–H and O–H groups in total. The molecule has 0 amide bonds. The van der Waals surface area contributed by atoms with Crippen LogP contribution in [0.15, 0.2) is 43.0 Å². The Morgan fingerprint density at radius 1 is 1.43 bits per heavy atom. The summed E-state index contributed by atoms with van der Waals surface area (Å²) in [6, 6.07) is 8.00. The second-order valence-electron chi connectivity index (χ2n) is 3.14. The topological polar surface area (TPSA) is 17.1 Å². The maximum atomic E-state index is 10.8. The van der Waals surface area contributed by atoms with E-state index in [2.05, 4.69) is 6.58 Å². The van der Waals surface area contributed by atoms with Gasteiger partial charge >= 0.3 is 0 Å². The molecule has 0 aliphatic heterocycles. The lowest BCUT2D eigenvalue weighted by molar-refractivity contribution is -0.112. The Hall–Kier alpha value is -1.63. The standard InChI is InChI=1S/C13H14O/c1-3-6-12-7-4-5-8-13(12)10-9-11(2)14/h3-5,7-10H,1,6H2,2H3. The first-order chi connectivity index (χ1) is 6.74. The molecule has 1 aromatic carbocycles. The lowest BCUT2D eigenvalue weighted by Gasteiger charge is -2.01. The molecule has 72 valence electrons. The maximum Gasteiger partial charge on any atom is 0.152 e. The Morgan fingerprint density at radius 2 is 2.14 bits per heavy atom. The summed E-state index contributed by atoms with van der Waals surface area (Å²) in [6.07, 6.45) is 6.13. The van der Waals surface area contributed by atoms with Crippen molar-refractivity contribution in [1.29, 1.82) is 0 Å². The van der Waals surface area contributed by atoms with Gasteiger partial charge in [-0.15, -0.1) is 6.58 Å². The van der Waals surface area contributed by atoms with Crippen LogP contribution in [0.5, 0.6) is 0 Å². The number of carbonyl (C=O) groups is 1. The molecule has 0 saturated carbocycles. The largest absolute Gasteiger partial charge is 0.295 e. The Balaban J connectivity index is 2.94. The Labute approximate surface area is 84.8 Å². The molecule has 14 heavy (non-hydrogen) atoms. The highest BCUT2D eigenvalue weighted by molar-refractivity contribution is 5.91. The smallest absolute Gasteiger partial charge is 0.152 e. The monoisotopic (exact) mass is 186 g/mol. The van der Waals surface area contributed by atoms with Crippen LogP contribution in [0.2, 0.25) is 0 Å². The molecule has 0 saturated heterocycles. The average Bonchev–Trinajstić information content (AvgIpc) is 2.17. The fraction of sp³-hybridized carbons (Fsp3) is 0.154. The summed E-state index contributed by atoms with van der Waals surface area (Å²) >= 11 is 0. The summed E-state index contributed by atoms with van der Waals surface area (Å²) in [6.45, 7) is 5.25. The van der Waals surface area contributed by atoms with Crippen LogP contribution in [0, 0.1) is 0 Å². The van der Waals surface area contributed by atoms with Gasteiger partial charge in [-0.1, -0.05) is 36.4 Å². The van der Waals surface area contributed by atoms with E-state index in [1.165, 1.54) is 5.56 Å². The molecule has 1 rings (SSSR count). The lowest BCUT2D eigenvalue weighted by Crippen LogP contribution is -1.87. The number of rotatable bonds is 4. The second-order valence-corrected chi connectivity index (χ2v) is 3.14. The molecule has 0 spiro atoms. The minimum absolute atomic E-state index is 0.0680. The number of ketones is 1. The molecule has 1 nitrogen and oxygen atoms in total. The highest BCUT2D eigenvalue weighted by Crippen LogP contribution is 2.11. The minimum Gasteiger partial charge on any atom is -0.295 e. The van der Waals surface area contributed by atoms with Crippen LogP contribution in [0.4, 0.5) is 0 Å². The van der Waals surface area contributed by atoms with Gasteiger partial charge in [-0.25, -0.2) is 0 Å². The summed E-state index contributed by atoms with van der Waals surface area (Å²) < 4.78 is 0. The van der Waals surface area contributed by atoms with E-state index in [4.69, 9.17) is 0 Å². The second kappa shape index (κ2) is 5.18. The maximum absolute atomic E-state index is 10.8. The zero-order valence-corrected chi connectivity index (χ0v) is 8.36. The normalized spacial score (nSPS) is 10.4. The molecule has 1 heteroatoms. The first-order valence-corrected chi connectivity index (χ1v) is 4.61. The van der Waals surface area contributed by atoms with Crippen molar-refractivity contribution in [2.75, 3.05) is 0 Å². The molecule has 0 aliphatic rings. The summed E-state index contributed by atoms with van der Waals surface area (Å²) in [4.78, 5) is 10.8. The number of hydrogen-bond acceptors (Lipinski definition) is 1. The van der Waals surface area contributed by atoms with Gasteiger partial charge in [0.25, 0.3) is 0 Å². The van der Waals surface area contributed by atoms with Gasteiger partial charge in [-0.05, 0) is 30.5 Å². The van der Waals surface area contributed by atoms with Crippen molar-refractivity contribution in [3.8, 4) is 0 Å². The van der Waals surface area contributed by atoms with E-state index in [1.807, 2.05) is 36.4 Å². The van der Waals surface area contributed by atoms with Gasteiger partial charge < -0.3 is 0 Å². The molecule has 1 aromatic rings. The van der Waals surface area contributed by atoms with E-state index >= 15 is 0 Å². The van der Waals surface area contributed by atoms with Crippen molar-refractivity contribution >= 4 is 11.9 Å². The molecule has 0 radical (unpaired) electrons. The van der Waals surface area contributed by atoms with Crippen molar-refractivity contribution in [2.45, 2.75) is 13.3 Å². The van der Waals surface area contributed by atoms with Crippen LogP contribution in [-0.2, 0) is 11.2 Å². The number of hydrogen-bond donors (Lipinski definition) is 0. The van der Waals surface area contributed by atoms with E-state index in [-0.39, 0.29) is 5.78 Å². The van der Waals surface area contributed by atoms with Crippen molar-refractivity contribution in [1.82, 2.24) is 0 Å². The van der Waals surface area contributed by atoms with Gasteiger partial charge in [0.05, 0.1) is 0 Å². The third-order valence-corrected chi connectivity index (χ3v) is 1.92. The van der Waals surface area contributed by atoms with Crippen LogP contribution >= 0.6 is 0 Å². The van der Waals surface area contributed by atoms with Crippen molar-refractivity contribution in [2.24, 2.45) is 0 Å². The van der Waals surface area contributed by atoms with Crippen molar-refractivity contribution < 1.29 is 4.79 Å². The van der Waals surface area contributed by atoms with Crippen LogP contribution in [0.25, 0.3) is 6.08 Å². The third kappa shape index (κ3) is 3.02. The summed E-state index contributed by atoms with van der Waals surface area (Å²) in [5.74, 6) is 0.0680. The molecule has 0 fully saturated rings. The Morgan fingerprint density at radius 3 is 2.79 bits per heavy atom. The van der Waals surface area contributed by atoms with E-state index < -0.39 is 0 Å². The van der Waals surface area contributed by atoms with Gasteiger partial charge in [-0.3, -0.25) is 4.79 Å². The highest BCUT2D eigenvalue weighted by atomic mass is 16.1. The Kier molecular flexibility index (Phi) is 3.86. The molecule has 0 aromatic heterocycles. The predicted octanol–water partition coefficient (Wildman–Crippen LogP) is 3.02. The lowest BCUT2D eigenvalue weighted by atomic mass is 10.0. The molecule has 0 atom stereocenters. The number of benzene rings is 1. The number of allylic oxidation sites excluding steroid dienone is 2. The first kappa shape index (κ1) is 10.5. The zero-order chi connectivity index (χ0) is 10.4. The van der Waals surface area contributed by atoms with Crippen LogP contribution < -0.4 is 0 Å². The first-order valence-electron chi connectivity index (χ1n) is 4.61. The molecule has 0 aliphatic carbocycles. The highest BCUT2D eigenvalue weighted by Gasteiger charge is 1.95. The molecule has 0 bridgehead atoms. The summed E-state index contributed by atoms with van der Waals surface area (Å²) in [5.41, 5.74) is 2.28. The average molecular weight is 186 g/mol. The van der Waals surface area contributed by atoms with Crippen molar-refractivity contribution in [3.05, 3.63) is 54.1 Å². The van der Waals surface area contributed by atoms with Crippen LogP contribution in [-0.4, -0.2) is 5.78 Å². The van der Waals surface area contributed by atoms with E-state index in [0.29, 0.717) is 0 Å². The predicted molar refractivity (Wildman–Crippen MR) is 60.1 cm³/mol. The fourth-order valence-electron chi connectivity index (χ4n) is 1.25. The third-order valence-electron chi connectivity index (χ3n) is 1.92. The SMILES string of the molecule is C=CCc1ccccc1C=CC(C)=O. The van der Waals surface area contributed by atoms with Crippen molar-refractivity contribution in [3.63, 3.8) is 0 Å². The van der Waals surface area contributed by atoms with Gasteiger partial charge in [0.2, 0.25) is 0 Å². The fourth-order valence-corrected chi connectivity index (χ4v) is 1.25. The molecular formula is C13H14O. The minimum atomic E-state index is 0.0680. The van der Waals surface area contributed by atoms with E-state index in [1.54, 1.807) is 13.0 Å². The van der Waals surface area contributed by atoms with E-state index in [0.717, 1.165) is 12.0 Å². The van der Waals surface area contributed by atoms with Crippen LogP contribution in [0.1, 0.15) is 18.1 Å². The van der Waals surface area contributed by atoms with Gasteiger partial charge in [0.1, 0.15) is 0 Å².